The predicted molar refractivity (Wildman–Crippen MR) is 93.7 cm³/mol. The van der Waals surface area contributed by atoms with Crippen molar-refractivity contribution in [3.63, 3.8) is 0 Å². The summed E-state index contributed by atoms with van der Waals surface area (Å²) in [6.45, 7) is 6.54. The molecule has 0 spiro atoms. The molecule has 2 aliphatic carbocycles. The number of fused-ring (bicyclic) bond motifs is 1. The van der Waals surface area contributed by atoms with E-state index < -0.39 is 0 Å². The minimum atomic E-state index is 0.826. The summed E-state index contributed by atoms with van der Waals surface area (Å²) < 4.78 is 5.79. The lowest BCUT2D eigenvalue weighted by Gasteiger charge is -2.27. The van der Waals surface area contributed by atoms with E-state index >= 15 is 0 Å². The summed E-state index contributed by atoms with van der Waals surface area (Å²) in [5.74, 6) is 2.98. The van der Waals surface area contributed by atoms with E-state index in [0.29, 0.717) is 0 Å². The van der Waals surface area contributed by atoms with Crippen LogP contribution in [0.1, 0.15) is 58.8 Å². The van der Waals surface area contributed by atoms with Crippen molar-refractivity contribution in [2.24, 2.45) is 11.8 Å². The second kappa shape index (κ2) is 7.39. The van der Waals surface area contributed by atoms with Gasteiger partial charge in [-0.1, -0.05) is 33.1 Å². The molecule has 2 heteroatoms. The number of anilines is 1. The van der Waals surface area contributed by atoms with Gasteiger partial charge in [0, 0.05) is 18.3 Å². The SMILES string of the molecule is CCCCOc1ccc(N(CCCC)C2[C@H]3CCC[C@@H]23)cc1. The zero-order chi connectivity index (χ0) is 15.4. The molecule has 0 radical (unpaired) electrons. The maximum atomic E-state index is 5.79. The van der Waals surface area contributed by atoms with E-state index in [2.05, 4.69) is 43.0 Å². The van der Waals surface area contributed by atoms with Gasteiger partial charge in [0.15, 0.2) is 0 Å². The molecule has 0 bridgehead atoms. The Hall–Kier alpha value is -1.18. The Bertz CT molecular complexity index is 445. The Labute approximate surface area is 135 Å². The summed E-state index contributed by atoms with van der Waals surface area (Å²) in [4.78, 5) is 2.69. The lowest BCUT2D eigenvalue weighted by atomic mass is 10.1. The maximum absolute atomic E-state index is 5.79. The van der Waals surface area contributed by atoms with Crippen LogP contribution in [0.3, 0.4) is 0 Å². The van der Waals surface area contributed by atoms with Crippen molar-refractivity contribution in [1.29, 1.82) is 0 Å². The smallest absolute Gasteiger partial charge is 0.119 e. The van der Waals surface area contributed by atoms with Gasteiger partial charge in [-0.3, -0.25) is 0 Å². The van der Waals surface area contributed by atoms with E-state index in [-0.39, 0.29) is 0 Å². The second-order valence-corrected chi connectivity index (χ2v) is 6.99. The first-order valence-corrected chi connectivity index (χ1v) is 9.34. The second-order valence-electron chi connectivity index (χ2n) is 6.99. The number of rotatable bonds is 9. The van der Waals surface area contributed by atoms with Gasteiger partial charge in [0.05, 0.1) is 6.61 Å². The maximum Gasteiger partial charge on any atom is 0.119 e. The van der Waals surface area contributed by atoms with E-state index in [1.807, 2.05) is 0 Å². The molecule has 3 rings (SSSR count). The standard InChI is InChI=1S/C20H31NO/c1-3-5-14-21(20-18-8-7-9-19(18)20)16-10-12-17(13-11-16)22-15-6-4-2/h10-13,18-20H,3-9,14-15H2,1-2H3/t18-,19+,20?. The molecule has 2 fully saturated rings. The van der Waals surface area contributed by atoms with E-state index in [0.717, 1.165) is 36.7 Å². The van der Waals surface area contributed by atoms with Gasteiger partial charge in [0.25, 0.3) is 0 Å². The van der Waals surface area contributed by atoms with Crippen molar-refractivity contribution < 1.29 is 4.74 Å². The Kier molecular flexibility index (Phi) is 5.28. The highest BCUT2D eigenvalue weighted by molar-refractivity contribution is 5.52. The molecular weight excluding hydrogens is 270 g/mol. The Morgan fingerprint density at radius 3 is 2.32 bits per heavy atom. The summed E-state index contributed by atoms with van der Waals surface area (Å²) in [6.07, 6.45) is 9.26. The molecule has 1 unspecified atom stereocenters. The van der Waals surface area contributed by atoms with Gasteiger partial charge in [0.1, 0.15) is 5.75 Å². The fourth-order valence-corrected chi connectivity index (χ4v) is 4.09. The fraction of sp³-hybridized carbons (Fsp3) is 0.700. The van der Waals surface area contributed by atoms with Gasteiger partial charge >= 0.3 is 0 Å². The van der Waals surface area contributed by atoms with Gasteiger partial charge in [-0.25, -0.2) is 0 Å². The van der Waals surface area contributed by atoms with Crippen LogP contribution in [0.4, 0.5) is 5.69 Å². The number of unbranched alkanes of at least 4 members (excludes halogenated alkanes) is 2. The van der Waals surface area contributed by atoms with E-state index in [9.17, 15) is 0 Å². The van der Waals surface area contributed by atoms with Crippen LogP contribution in [0.2, 0.25) is 0 Å². The molecule has 1 aromatic rings. The van der Waals surface area contributed by atoms with Crippen LogP contribution in [0.15, 0.2) is 24.3 Å². The predicted octanol–water partition coefficient (Wildman–Crippen LogP) is 5.27. The van der Waals surface area contributed by atoms with Crippen LogP contribution in [0.5, 0.6) is 5.75 Å². The molecule has 2 saturated carbocycles. The minimum absolute atomic E-state index is 0.826. The minimum Gasteiger partial charge on any atom is -0.494 e. The highest BCUT2D eigenvalue weighted by atomic mass is 16.5. The molecule has 122 valence electrons. The first kappa shape index (κ1) is 15.7. The number of hydrogen-bond acceptors (Lipinski definition) is 2. The molecule has 2 aliphatic rings. The van der Waals surface area contributed by atoms with E-state index in [1.165, 1.54) is 50.8 Å². The van der Waals surface area contributed by atoms with E-state index in [4.69, 9.17) is 4.74 Å². The molecule has 3 atom stereocenters. The third-order valence-electron chi connectivity index (χ3n) is 5.41. The summed E-state index contributed by atoms with van der Waals surface area (Å²) in [7, 11) is 0. The van der Waals surface area contributed by atoms with Crippen LogP contribution in [0, 0.1) is 11.8 Å². The van der Waals surface area contributed by atoms with Crippen molar-refractivity contribution in [2.45, 2.75) is 64.8 Å². The molecule has 22 heavy (non-hydrogen) atoms. The van der Waals surface area contributed by atoms with Crippen molar-refractivity contribution in [3.05, 3.63) is 24.3 Å². The molecule has 0 heterocycles. The first-order chi connectivity index (χ1) is 10.8. The summed E-state index contributed by atoms with van der Waals surface area (Å²) in [5, 5.41) is 0. The van der Waals surface area contributed by atoms with Gasteiger partial charge in [-0.2, -0.15) is 0 Å². The molecule has 0 saturated heterocycles. The molecule has 1 aromatic carbocycles. The number of nitrogens with zero attached hydrogens (tertiary/aromatic N) is 1. The van der Waals surface area contributed by atoms with Gasteiger partial charge in [-0.05, 0) is 61.8 Å². The molecule has 0 aliphatic heterocycles. The Morgan fingerprint density at radius 2 is 1.68 bits per heavy atom. The number of hydrogen-bond donors (Lipinski definition) is 0. The van der Waals surface area contributed by atoms with Gasteiger partial charge in [0.2, 0.25) is 0 Å². The zero-order valence-corrected chi connectivity index (χ0v) is 14.3. The Balaban J connectivity index is 1.63. The van der Waals surface area contributed by atoms with E-state index in [1.54, 1.807) is 0 Å². The third kappa shape index (κ3) is 3.42. The summed E-state index contributed by atoms with van der Waals surface area (Å²) in [5.41, 5.74) is 1.40. The van der Waals surface area contributed by atoms with Crippen LogP contribution in [0.25, 0.3) is 0 Å². The number of ether oxygens (including phenoxy) is 1. The van der Waals surface area contributed by atoms with Gasteiger partial charge in [-0.15, -0.1) is 0 Å². The van der Waals surface area contributed by atoms with Crippen LogP contribution >= 0.6 is 0 Å². The molecular formula is C20H31NO. The lowest BCUT2D eigenvalue weighted by Crippen LogP contribution is -2.29. The lowest BCUT2D eigenvalue weighted by molar-refractivity contribution is 0.309. The molecule has 0 aromatic heterocycles. The average Bonchev–Trinajstić information content (AvgIpc) is 3.01. The summed E-state index contributed by atoms with van der Waals surface area (Å²) in [6, 6.07) is 9.67. The van der Waals surface area contributed by atoms with Crippen LogP contribution < -0.4 is 9.64 Å². The highest BCUT2D eigenvalue weighted by Gasteiger charge is 2.55. The third-order valence-corrected chi connectivity index (χ3v) is 5.41. The topological polar surface area (TPSA) is 12.5 Å². The molecule has 2 nitrogen and oxygen atoms in total. The fourth-order valence-electron chi connectivity index (χ4n) is 4.09. The average molecular weight is 301 g/mol. The largest absolute Gasteiger partial charge is 0.494 e. The van der Waals surface area contributed by atoms with Crippen molar-refractivity contribution in [3.8, 4) is 5.75 Å². The van der Waals surface area contributed by atoms with Crippen LogP contribution in [-0.4, -0.2) is 19.2 Å². The van der Waals surface area contributed by atoms with Gasteiger partial charge < -0.3 is 9.64 Å². The van der Waals surface area contributed by atoms with Crippen molar-refractivity contribution in [1.82, 2.24) is 0 Å². The van der Waals surface area contributed by atoms with Crippen LogP contribution in [-0.2, 0) is 0 Å². The highest BCUT2D eigenvalue weighted by Crippen LogP contribution is 2.55. The first-order valence-electron chi connectivity index (χ1n) is 9.34. The molecule has 0 amide bonds. The van der Waals surface area contributed by atoms with Crippen molar-refractivity contribution in [2.75, 3.05) is 18.1 Å². The molecule has 0 N–H and O–H groups in total. The Morgan fingerprint density at radius 1 is 1.00 bits per heavy atom. The quantitative estimate of drug-likeness (QED) is 0.576. The normalized spacial score (nSPS) is 25.8. The monoisotopic (exact) mass is 301 g/mol. The number of benzene rings is 1. The summed E-state index contributed by atoms with van der Waals surface area (Å²) >= 11 is 0. The zero-order valence-electron chi connectivity index (χ0n) is 14.3. The van der Waals surface area contributed by atoms with Crippen molar-refractivity contribution >= 4 is 5.69 Å².